The lowest BCUT2D eigenvalue weighted by atomic mass is 9.96. The summed E-state index contributed by atoms with van der Waals surface area (Å²) in [6.45, 7) is 3.82. The fourth-order valence-electron chi connectivity index (χ4n) is 1.76. The van der Waals surface area contributed by atoms with Crippen LogP contribution in [0.4, 0.5) is 0 Å². The monoisotopic (exact) mass is 237 g/mol. The Balaban J connectivity index is 2.53. The van der Waals surface area contributed by atoms with E-state index in [2.05, 4.69) is 0 Å². The molecule has 0 aliphatic carbocycles. The fraction of sp³-hybridized carbons (Fsp3) is 0.462. The molecule has 0 spiro atoms. The zero-order chi connectivity index (χ0) is 12.8. The van der Waals surface area contributed by atoms with Gasteiger partial charge in [0, 0.05) is 6.04 Å². The van der Waals surface area contributed by atoms with E-state index in [1.54, 1.807) is 13.8 Å². The summed E-state index contributed by atoms with van der Waals surface area (Å²) < 4.78 is 5.55. The van der Waals surface area contributed by atoms with Crippen molar-refractivity contribution in [2.75, 3.05) is 0 Å². The van der Waals surface area contributed by atoms with Crippen LogP contribution in [0.1, 0.15) is 19.4 Å². The Kier molecular flexibility index (Phi) is 5.12. The lowest BCUT2D eigenvalue weighted by Gasteiger charge is -2.23. The molecule has 1 aromatic rings. The average molecular weight is 237 g/mol. The van der Waals surface area contributed by atoms with Crippen molar-refractivity contribution >= 4 is 5.97 Å². The van der Waals surface area contributed by atoms with E-state index in [-0.39, 0.29) is 0 Å². The zero-order valence-corrected chi connectivity index (χ0v) is 10.2. The van der Waals surface area contributed by atoms with Crippen molar-refractivity contribution in [3.63, 3.8) is 0 Å². The number of hydrogen-bond acceptors (Lipinski definition) is 3. The zero-order valence-electron chi connectivity index (χ0n) is 10.2. The summed E-state index contributed by atoms with van der Waals surface area (Å²) in [6.07, 6.45) is -0.410. The topological polar surface area (TPSA) is 72.6 Å². The van der Waals surface area contributed by atoms with Crippen molar-refractivity contribution in [2.24, 2.45) is 11.7 Å². The molecule has 4 nitrogen and oxygen atoms in total. The minimum absolute atomic E-state index is 0.401. The molecule has 17 heavy (non-hydrogen) atoms. The van der Waals surface area contributed by atoms with Crippen LogP contribution in [0.25, 0.3) is 0 Å². The number of ether oxygens (including phenoxy) is 1. The number of rotatable bonds is 6. The van der Waals surface area contributed by atoms with E-state index in [1.165, 1.54) is 0 Å². The second kappa shape index (κ2) is 6.37. The van der Waals surface area contributed by atoms with Gasteiger partial charge in [-0.15, -0.1) is 0 Å². The summed E-state index contributed by atoms with van der Waals surface area (Å²) in [6, 6.07) is 9.21. The minimum Gasteiger partial charge on any atom is -0.481 e. The van der Waals surface area contributed by atoms with Gasteiger partial charge in [-0.1, -0.05) is 30.3 Å². The first-order chi connectivity index (χ1) is 8.02. The summed E-state index contributed by atoms with van der Waals surface area (Å²) in [4.78, 5) is 11.0. The van der Waals surface area contributed by atoms with Gasteiger partial charge in [0.15, 0.2) is 0 Å². The Morgan fingerprint density at radius 3 is 2.41 bits per heavy atom. The molecular formula is C13H19NO3. The number of carbonyl (C=O) groups is 1. The van der Waals surface area contributed by atoms with Crippen LogP contribution >= 0.6 is 0 Å². The maximum Gasteiger partial charge on any atom is 0.310 e. The number of carboxylic acids is 1. The molecular weight excluding hydrogens is 218 g/mol. The lowest BCUT2D eigenvalue weighted by Crippen LogP contribution is -2.41. The van der Waals surface area contributed by atoms with Crippen LogP contribution in [0.5, 0.6) is 0 Å². The number of nitrogens with two attached hydrogens (primary N) is 1. The normalized spacial score (nSPS) is 16.2. The van der Waals surface area contributed by atoms with Crippen LogP contribution in [0, 0.1) is 5.92 Å². The van der Waals surface area contributed by atoms with E-state index in [4.69, 9.17) is 15.6 Å². The second-order valence-corrected chi connectivity index (χ2v) is 4.22. The Labute approximate surface area is 101 Å². The van der Waals surface area contributed by atoms with Crippen molar-refractivity contribution in [3.8, 4) is 0 Å². The maximum absolute atomic E-state index is 11.0. The molecule has 0 saturated carbocycles. The molecule has 0 fully saturated rings. The largest absolute Gasteiger partial charge is 0.481 e. The minimum atomic E-state index is -0.916. The highest BCUT2D eigenvalue weighted by molar-refractivity contribution is 5.71. The van der Waals surface area contributed by atoms with E-state index in [1.807, 2.05) is 30.3 Å². The lowest BCUT2D eigenvalue weighted by molar-refractivity contribution is -0.148. The van der Waals surface area contributed by atoms with Crippen LogP contribution in [0.3, 0.4) is 0 Å². The van der Waals surface area contributed by atoms with Crippen molar-refractivity contribution in [1.82, 2.24) is 0 Å². The summed E-state index contributed by atoms with van der Waals surface area (Å²) >= 11 is 0. The number of benzene rings is 1. The molecule has 0 saturated heterocycles. The highest BCUT2D eigenvalue weighted by atomic mass is 16.5. The third-order valence-electron chi connectivity index (χ3n) is 2.71. The number of carboxylic acid groups (broad SMARTS) is 1. The van der Waals surface area contributed by atoms with Gasteiger partial charge in [-0.25, -0.2) is 0 Å². The smallest absolute Gasteiger partial charge is 0.310 e. The van der Waals surface area contributed by atoms with E-state index < -0.39 is 24.0 Å². The van der Waals surface area contributed by atoms with Gasteiger partial charge in [-0.05, 0) is 19.4 Å². The third kappa shape index (κ3) is 4.17. The van der Waals surface area contributed by atoms with Crippen LogP contribution in [-0.4, -0.2) is 23.2 Å². The first kappa shape index (κ1) is 13.7. The van der Waals surface area contributed by atoms with Gasteiger partial charge in [0.25, 0.3) is 0 Å². The molecule has 1 aromatic carbocycles. The summed E-state index contributed by atoms with van der Waals surface area (Å²) in [5.74, 6) is -1.60. The van der Waals surface area contributed by atoms with Gasteiger partial charge in [-0.3, -0.25) is 4.79 Å². The van der Waals surface area contributed by atoms with Crippen molar-refractivity contribution < 1.29 is 14.6 Å². The summed E-state index contributed by atoms with van der Waals surface area (Å²) in [5, 5.41) is 9.05. The predicted octanol–water partition coefficient (Wildman–Crippen LogP) is 1.64. The van der Waals surface area contributed by atoms with Crippen LogP contribution in [-0.2, 0) is 16.1 Å². The van der Waals surface area contributed by atoms with Crippen LogP contribution < -0.4 is 5.73 Å². The Hall–Kier alpha value is -1.39. The Bertz CT molecular complexity index is 351. The molecule has 0 heterocycles. The number of hydrogen-bond donors (Lipinski definition) is 2. The van der Waals surface area contributed by atoms with Gasteiger partial charge in [0.05, 0.1) is 18.6 Å². The van der Waals surface area contributed by atoms with Gasteiger partial charge < -0.3 is 15.6 Å². The average Bonchev–Trinajstić information content (AvgIpc) is 2.27. The molecule has 0 aromatic heterocycles. The molecule has 0 aliphatic heterocycles. The summed E-state index contributed by atoms with van der Waals surface area (Å²) in [7, 11) is 0. The molecule has 3 atom stereocenters. The van der Waals surface area contributed by atoms with E-state index in [9.17, 15) is 4.79 Å². The number of aliphatic carboxylic acids is 1. The Morgan fingerprint density at radius 2 is 1.94 bits per heavy atom. The van der Waals surface area contributed by atoms with E-state index >= 15 is 0 Å². The first-order valence-corrected chi connectivity index (χ1v) is 5.66. The van der Waals surface area contributed by atoms with Gasteiger partial charge in [0.2, 0.25) is 0 Å². The molecule has 0 radical (unpaired) electrons. The van der Waals surface area contributed by atoms with Crippen LogP contribution in [0.15, 0.2) is 30.3 Å². The predicted molar refractivity (Wildman–Crippen MR) is 65.5 cm³/mol. The molecule has 1 rings (SSSR count). The third-order valence-corrected chi connectivity index (χ3v) is 2.71. The van der Waals surface area contributed by atoms with E-state index in [0.29, 0.717) is 6.61 Å². The molecule has 0 bridgehead atoms. The van der Waals surface area contributed by atoms with Crippen LogP contribution in [0.2, 0.25) is 0 Å². The fourth-order valence-corrected chi connectivity index (χ4v) is 1.76. The molecule has 0 amide bonds. The highest BCUT2D eigenvalue weighted by Crippen LogP contribution is 2.14. The molecule has 0 unspecified atom stereocenters. The van der Waals surface area contributed by atoms with Crippen molar-refractivity contribution in [1.29, 1.82) is 0 Å². The quantitative estimate of drug-likeness (QED) is 0.789. The van der Waals surface area contributed by atoms with Crippen molar-refractivity contribution in [3.05, 3.63) is 35.9 Å². The Morgan fingerprint density at radius 1 is 1.35 bits per heavy atom. The maximum atomic E-state index is 11.0. The highest BCUT2D eigenvalue weighted by Gasteiger charge is 2.28. The molecule has 0 aliphatic rings. The van der Waals surface area contributed by atoms with Gasteiger partial charge in [0.1, 0.15) is 0 Å². The van der Waals surface area contributed by atoms with Gasteiger partial charge >= 0.3 is 5.97 Å². The summed E-state index contributed by atoms with van der Waals surface area (Å²) in [5.41, 5.74) is 6.67. The molecule has 4 heteroatoms. The van der Waals surface area contributed by atoms with Crippen molar-refractivity contribution in [2.45, 2.75) is 32.6 Å². The molecule has 3 N–H and O–H groups in total. The standard InChI is InChI=1S/C13H19NO3/c1-9(14)12(13(15)16)10(2)17-8-11-6-4-3-5-7-11/h3-7,9-10,12H,8,14H2,1-2H3,(H,15,16)/t9-,10-,12-/m1/s1. The second-order valence-electron chi connectivity index (χ2n) is 4.22. The van der Waals surface area contributed by atoms with Gasteiger partial charge in [-0.2, -0.15) is 0 Å². The van der Waals surface area contributed by atoms with E-state index in [0.717, 1.165) is 5.56 Å². The first-order valence-electron chi connectivity index (χ1n) is 5.66. The molecule has 94 valence electrons. The SMILES string of the molecule is C[C@@H](N)[C@@H](C(=O)O)[C@@H](C)OCc1ccccc1.